The first-order valence-corrected chi connectivity index (χ1v) is 11.2. The van der Waals surface area contributed by atoms with E-state index < -0.39 is 0 Å². The van der Waals surface area contributed by atoms with Crippen LogP contribution in [0.5, 0.6) is 0 Å². The number of hydrogen-bond acceptors (Lipinski definition) is 2. The van der Waals surface area contributed by atoms with Gasteiger partial charge in [-0.25, -0.2) is 0 Å². The number of unbranched alkanes of at least 4 members (excludes halogenated alkanes) is 2. The molecule has 4 atom stereocenters. The monoisotopic (exact) mass is 354 g/mol. The lowest BCUT2D eigenvalue weighted by Gasteiger charge is -2.27. The first kappa shape index (κ1) is 18.2. The van der Waals surface area contributed by atoms with Crippen LogP contribution >= 0.6 is 0 Å². The molecule has 26 heavy (non-hydrogen) atoms. The van der Waals surface area contributed by atoms with Crippen molar-refractivity contribution >= 4 is 11.6 Å². The van der Waals surface area contributed by atoms with Crippen LogP contribution in [0, 0.1) is 23.7 Å². The highest BCUT2D eigenvalue weighted by Gasteiger charge is 2.50. The van der Waals surface area contributed by atoms with Gasteiger partial charge < -0.3 is 0 Å². The van der Waals surface area contributed by atoms with Crippen LogP contribution in [0.2, 0.25) is 0 Å². The quantitative estimate of drug-likeness (QED) is 0.565. The molecule has 4 rings (SSSR count). The van der Waals surface area contributed by atoms with Crippen molar-refractivity contribution in [2.45, 2.75) is 90.9 Å². The number of carbonyl (C=O) groups is 2. The van der Waals surface area contributed by atoms with Gasteiger partial charge >= 0.3 is 0 Å². The van der Waals surface area contributed by atoms with E-state index in [2.05, 4.69) is 13.8 Å². The van der Waals surface area contributed by atoms with Gasteiger partial charge in [0, 0.05) is 12.8 Å². The van der Waals surface area contributed by atoms with Crippen LogP contribution in [0.15, 0.2) is 22.3 Å². The molecule has 4 aliphatic rings. The van der Waals surface area contributed by atoms with Crippen LogP contribution in [0.25, 0.3) is 0 Å². The molecule has 2 nitrogen and oxygen atoms in total. The molecule has 2 saturated carbocycles. The number of carbonyl (C=O) groups excluding carboxylic acids is 2. The molecule has 0 aliphatic heterocycles. The highest BCUT2D eigenvalue weighted by atomic mass is 16.1. The second-order valence-corrected chi connectivity index (χ2v) is 9.09. The maximum atomic E-state index is 12.6. The summed E-state index contributed by atoms with van der Waals surface area (Å²) in [6.45, 7) is 4.42. The van der Waals surface area contributed by atoms with Gasteiger partial charge in [0.25, 0.3) is 0 Å². The van der Waals surface area contributed by atoms with Crippen LogP contribution in [-0.4, -0.2) is 11.6 Å². The highest BCUT2D eigenvalue weighted by Crippen LogP contribution is 2.57. The van der Waals surface area contributed by atoms with Crippen LogP contribution in [0.1, 0.15) is 90.9 Å². The number of rotatable bonds is 7. The van der Waals surface area contributed by atoms with E-state index in [1.807, 2.05) is 0 Å². The molecular weight excluding hydrogens is 320 g/mol. The van der Waals surface area contributed by atoms with E-state index >= 15 is 0 Å². The highest BCUT2D eigenvalue weighted by molar-refractivity contribution is 6.00. The molecule has 0 amide bonds. The molecule has 0 N–H and O–H groups in total. The summed E-state index contributed by atoms with van der Waals surface area (Å²) in [4.78, 5) is 25.2. The second-order valence-electron chi connectivity index (χ2n) is 9.09. The van der Waals surface area contributed by atoms with E-state index in [-0.39, 0.29) is 0 Å². The van der Waals surface area contributed by atoms with Gasteiger partial charge in [0.15, 0.2) is 11.6 Å². The average Bonchev–Trinajstić information content (AvgIpc) is 3.33. The van der Waals surface area contributed by atoms with Crippen molar-refractivity contribution < 1.29 is 9.59 Å². The molecule has 0 radical (unpaired) electrons. The van der Waals surface area contributed by atoms with Gasteiger partial charge in [-0.05, 0) is 86.2 Å². The SMILES string of the molecule is CCCCC1=C2CC[C@@H]([C@@H]3CCC4=C(CCCC)C(=O)C[C@H]43)[C@@H]2CC1=O. The fourth-order valence-electron chi connectivity index (χ4n) is 6.57. The second kappa shape index (κ2) is 7.44. The molecule has 4 aliphatic carbocycles. The van der Waals surface area contributed by atoms with E-state index in [1.165, 1.54) is 48.0 Å². The van der Waals surface area contributed by atoms with Crippen molar-refractivity contribution in [2.24, 2.45) is 23.7 Å². The third-order valence-electron chi connectivity index (χ3n) is 7.79. The Labute approximate surface area is 158 Å². The summed E-state index contributed by atoms with van der Waals surface area (Å²) in [7, 11) is 0. The van der Waals surface area contributed by atoms with Crippen molar-refractivity contribution in [3.8, 4) is 0 Å². The number of fused-ring (bicyclic) bond motifs is 2. The van der Waals surface area contributed by atoms with Crippen molar-refractivity contribution in [2.75, 3.05) is 0 Å². The zero-order valence-corrected chi connectivity index (χ0v) is 16.6. The molecule has 0 aromatic heterocycles. The lowest BCUT2D eigenvalue weighted by molar-refractivity contribution is -0.117. The van der Waals surface area contributed by atoms with Gasteiger partial charge in [0.05, 0.1) is 0 Å². The topological polar surface area (TPSA) is 34.1 Å². The van der Waals surface area contributed by atoms with E-state index in [1.54, 1.807) is 0 Å². The number of allylic oxidation sites excluding steroid dienone is 4. The largest absolute Gasteiger partial charge is 0.295 e. The lowest BCUT2D eigenvalue weighted by atomic mass is 9.76. The summed E-state index contributed by atoms with van der Waals surface area (Å²) in [5.74, 6) is 3.26. The summed E-state index contributed by atoms with van der Waals surface area (Å²) in [5.41, 5.74) is 5.47. The number of ketones is 2. The normalized spacial score (nSPS) is 33.6. The van der Waals surface area contributed by atoms with Crippen molar-refractivity contribution in [1.29, 1.82) is 0 Å². The standard InChI is InChI=1S/C24H34O2/c1-3-5-7-19-17-11-9-15(21(17)13-23(19)25)16-10-12-18-20(8-6-4-2)24(26)14-22(16)18/h15-16,21-22H,3-14H2,1-2H3/t15-,16-,21-,22-/m0/s1. The van der Waals surface area contributed by atoms with E-state index in [0.717, 1.165) is 51.4 Å². The van der Waals surface area contributed by atoms with Gasteiger partial charge in [-0.2, -0.15) is 0 Å². The minimum absolute atomic E-state index is 0.447. The van der Waals surface area contributed by atoms with Gasteiger partial charge in [-0.15, -0.1) is 0 Å². The average molecular weight is 355 g/mol. The smallest absolute Gasteiger partial charge is 0.159 e. The lowest BCUT2D eigenvalue weighted by Crippen LogP contribution is -2.23. The maximum absolute atomic E-state index is 12.6. The van der Waals surface area contributed by atoms with Gasteiger partial charge in [-0.3, -0.25) is 9.59 Å². The zero-order chi connectivity index (χ0) is 18.3. The molecule has 2 fully saturated rings. The summed E-state index contributed by atoms with van der Waals surface area (Å²) in [6.07, 6.45) is 13.0. The Morgan fingerprint density at radius 3 is 1.54 bits per heavy atom. The van der Waals surface area contributed by atoms with E-state index in [0.29, 0.717) is 35.2 Å². The third kappa shape index (κ3) is 2.94. The van der Waals surface area contributed by atoms with Crippen molar-refractivity contribution in [3.05, 3.63) is 22.3 Å². The Hall–Kier alpha value is -1.18. The third-order valence-corrected chi connectivity index (χ3v) is 7.79. The minimum Gasteiger partial charge on any atom is -0.295 e. The van der Waals surface area contributed by atoms with Gasteiger partial charge in [0.2, 0.25) is 0 Å². The molecular formula is C24H34O2. The fraction of sp³-hybridized carbons (Fsp3) is 0.750. The van der Waals surface area contributed by atoms with E-state index in [4.69, 9.17) is 0 Å². The number of Topliss-reactive ketones (excluding diaryl/α,β-unsaturated/α-hetero) is 2. The van der Waals surface area contributed by atoms with Crippen molar-refractivity contribution in [1.82, 2.24) is 0 Å². The van der Waals surface area contributed by atoms with Gasteiger partial charge in [-0.1, -0.05) is 37.8 Å². The van der Waals surface area contributed by atoms with E-state index in [9.17, 15) is 9.59 Å². The molecule has 0 bridgehead atoms. The molecule has 0 unspecified atom stereocenters. The Morgan fingerprint density at radius 1 is 0.731 bits per heavy atom. The van der Waals surface area contributed by atoms with Crippen LogP contribution in [0.4, 0.5) is 0 Å². The molecule has 0 heterocycles. The van der Waals surface area contributed by atoms with Crippen molar-refractivity contribution in [3.63, 3.8) is 0 Å². The molecule has 0 saturated heterocycles. The summed E-state index contributed by atoms with van der Waals surface area (Å²) >= 11 is 0. The van der Waals surface area contributed by atoms with Crippen LogP contribution in [0.3, 0.4) is 0 Å². The Balaban J connectivity index is 1.52. The molecule has 0 spiro atoms. The summed E-state index contributed by atoms with van der Waals surface area (Å²) in [5, 5.41) is 0. The predicted molar refractivity (Wildman–Crippen MR) is 105 cm³/mol. The Kier molecular flexibility index (Phi) is 5.21. The zero-order valence-electron chi connectivity index (χ0n) is 16.6. The fourth-order valence-corrected chi connectivity index (χ4v) is 6.57. The molecule has 0 aromatic rings. The van der Waals surface area contributed by atoms with Crippen LogP contribution < -0.4 is 0 Å². The summed E-state index contributed by atoms with van der Waals surface area (Å²) in [6, 6.07) is 0. The molecule has 2 heteroatoms. The Morgan fingerprint density at radius 2 is 1.15 bits per heavy atom. The summed E-state index contributed by atoms with van der Waals surface area (Å²) < 4.78 is 0. The maximum Gasteiger partial charge on any atom is 0.159 e. The first-order valence-electron chi connectivity index (χ1n) is 11.2. The molecule has 0 aromatic carbocycles. The number of hydrogen-bond donors (Lipinski definition) is 0. The Bertz CT molecular complexity index is 608. The minimum atomic E-state index is 0.447. The van der Waals surface area contributed by atoms with Crippen LogP contribution in [-0.2, 0) is 9.59 Å². The molecule has 142 valence electrons. The first-order chi connectivity index (χ1) is 12.7. The van der Waals surface area contributed by atoms with Gasteiger partial charge in [0.1, 0.15) is 0 Å². The predicted octanol–water partition coefficient (Wildman–Crippen LogP) is 5.96.